The minimum atomic E-state index is -3.86. The average Bonchev–Trinajstić information content (AvgIpc) is 2.41. The Labute approximate surface area is 125 Å². The van der Waals surface area contributed by atoms with Crippen molar-refractivity contribution in [2.45, 2.75) is 11.4 Å². The number of nitrogens with two attached hydrogens (primary N) is 1. The molecule has 0 spiro atoms. The monoisotopic (exact) mass is 358 g/mol. The minimum Gasteiger partial charge on any atom is -0.395 e. The highest BCUT2D eigenvalue weighted by Gasteiger charge is 2.19. The third kappa shape index (κ3) is 3.17. The molecule has 2 rings (SSSR count). The number of hydrogen-bond acceptors (Lipinski definition) is 3. The molecule has 0 heterocycles. The van der Waals surface area contributed by atoms with E-state index in [1.54, 1.807) is 18.2 Å². The quantitative estimate of drug-likeness (QED) is 0.825. The molecule has 0 amide bonds. The molecule has 0 unspecified atom stereocenters. The second-order valence-corrected chi connectivity index (χ2v) is 6.66. The van der Waals surface area contributed by atoms with Crippen molar-refractivity contribution in [3.05, 3.63) is 58.3 Å². The second kappa shape index (κ2) is 5.90. The van der Waals surface area contributed by atoms with Gasteiger partial charge in [-0.3, -0.25) is 0 Å². The zero-order valence-corrected chi connectivity index (χ0v) is 12.7. The second-order valence-electron chi connectivity index (χ2n) is 4.07. The maximum absolute atomic E-state index is 13.3. The third-order valence-electron chi connectivity index (χ3n) is 2.71. The fourth-order valence-corrected chi connectivity index (χ4v) is 3.21. The third-order valence-corrected chi connectivity index (χ3v) is 4.95. The lowest BCUT2D eigenvalue weighted by Gasteiger charge is -2.10. The zero-order chi connectivity index (χ0) is 14.8. The first-order chi connectivity index (χ1) is 9.42. The van der Waals surface area contributed by atoms with Gasteiger partial charge < -0.3 is 5.73 Å². The Bertz CT molecular complexity index is 735. The standard InChI is InChI=1S/C13H12BrFN2O2S/c14-10-5-2-1-4-9(10)8-17-20(18,19)12-7-3-6-11(15)13(12)16/h1-7,17H,8,16H2. The topological polar surface area (TPSA) is 72.2 Å². The summed E-state index contributed by atoms with van der Waals surface area (Å²) in [5.41, 5.74) is 5.85. The number of anilines is 1. The highest BCUT2D eigenvalue weighted by Crippen LogP contribution is 2.22. The van der Waals surface area contributed by atoms with Crippen molar-refractivity contribution in [1.82, 2.24) is 4.72 Å². The van der Waals surface area contributed by atoms with Gasteiger partial charge in [0.2, 0.25) is 10.0 Å². The van der Waals surface area contributed by atoms with Gasteiger partial charge >= 0.3 is 0 Å². The van der Waals surface area contributed by atoms with Crippen LogP contribution in [0.2, 0.25) is 0 Å². The van der Waals surface area contributed by atoms with E-state index in [2.05, 4.69) is 20.7 Å². The normalized spacial score (nSPS) is 11.5. The number of rotatable bonds is 4. The van der Waals surface area contributed by atoms with Crippen molar-refractivity contribution in [3.8, 4) is 0 Å². The van der Waals surface area contributed by atoms with Crippen molar-refractivity contribution in [2.75, 3.05) is 5.73 Å². The van der Waals surface area contributed by atoms with Gasteiger partial charge in [0.25, 0.3) is 0 Å². The zero-order valence-electron chi connectivity index (χ0n) is 10.3. The molecule has 0 aliphatic rings. The number of sulfonamides is 1. The van der Waals surface area contributed by atoms with E-state index in [1.165, 1.54) is 12.1 Å². The van der Waals surface area contributed by atoms with E-state index in [1.807, 2.05) is 6.07 Å². The Morgan fingerprint density at radius 3 is 2.55 bits per heavy atom. The van der Waals surface area contributed by atoms with Crippen LogP contribution in [0, 0.1) is 5.82 Å². The first-order valence-corrected chi connectivity index (χ1v) is 7.96. The molecule has 7 heteroatoms. The maximum Gasteiger partial charge on any atom is 0.243 e. The van der Waals surface area contributed by atoms with Gasteiger partial charge in [-0.15, -0.1) is 0 Å². The van der Waals surface area contributed by atoms with Crippen molar-refractivity contribution in [3.63, 3.8) is 0 Å². The summed E-state index contributed by atoms with van der Waals surface area (Å²) >= 11 is 3.33. The lowest BCUT2D eigenvalue weighted by molar-refractivity contribution is 0.578. The Kier molecular flexibility index (Phi) is 4.42. The van der Waals surface area contributed by atoms with E-state index < -0.39 is 15.8 Å². The van der Waals surface area contributed by atoms with Gasteiger partial charge in [-0.25, -0.2) is 17.5 Å². The summed E-state index contributed by atoms with van der Waals surface area (Å²) in [5, 5.41) is 0. The van der Waals surface area contributed by atoms with E-state index >= 15 is 0 Å². The van der Waals surface area contributed by atoms with Crippen molar-refractivity contribution in [1.29, 1.82) is 0 Å². The Morgan fingerprint density at radius 1 is 1.15 bits per heavy atom. The van der Waals surface area contributed by atoms with Gasteiger partial charge in [-0.1, -0.05) is 40.2 Å². The van der Waals surface area contributed by atoms with Crippen LogP contribution in [0.4, 0.5) is 10.1 Å². The number of halogens is 2. The molecule has 0 saturated carbocycles. The van der Waals surface area contributed by atoms with Gasteiger partial charge in [0.05, 0.1) is 5.69 Å². The highest BCUT2D eigenvalue weighted by molar-refractivity contribution is 9.10. The SMILES string of the molecule is Nc1c(F)cccc1S(=O)(=O)NCc1ccccc1Br. The summed E-state index contributed by atoms with van der Waals surface area (Å²) in [5.74, 6) is -0.756. The fraction of sp³-hybridized carbons (Fsp3) is 0.0769. The molecular formula is C13H12BrFN2O2S. The maximum atomic E-state index is 13.3. The number of nitrogens with one attached hydrogen (secondary N) is 1. The van der Waals surface area contributed by atoms with Crippen molar-refractivity contribution >= 4 is 31.6 Å². The molecule has 106 valence electrons. The summed E-state index contributed by atoms with van der Waals surface area (Å²) in [6.07, 6.45) is 0. The summed E-state index contributed by atoms with van der Waals surface area (Å²) in [6.45, 7) is 0.0830. The molecule has 2 aromatic carbocycles. The van der Waals surface area contributed by atoms with Crippen LogP contribution < -0.4 is 10.5 Å². The Balaban J connectivity index is 2.24. The molecule has 3 N–H and O–H groups in total. The first-order valence-electron chi connectivity index (χ1n) is 5.69. The predicted octanol–water partition coefficient (Wildman–Crippen LogP) is 2.65. The fourth-order valence-electron chi connectivity index (χ4n) is 1.64. The van der Waals surface area contributed by atoms with Crippen LogP contribution in [-0.4, -0.2) is 8.42 Å². The molecule has 0 fully saturated rings. The van der Waals surface area contributed by atoms with Gasteiger partial charge in [-0.2, -0.15) is 0 Å². The number of benzene rings is 2. The van der Waals surface area contributed by atoms with E-state index in [0.29, 0.717) is 0 Å². The van der Waals surface area contributed by atoms with Crippen molar-refractivity contribution in [2.24, 2.45) is 0 Å². The molecule has 0 atom stereocenters. The number of nitrogen functional groups attached to an aromatic ring is 1. The molecule has 0 aliphatic heterocycles. The van der Waals surface area contributed by atoms with E-state index in [-0.39, 0.29) is 17.1 Å². The summed E-state index contributed by atoms with van der Waals surface area (Å²) < 4.78 is 40.7. The highest BCUT2D eigenvalue weighted by atomic mass is 79.9. The summed E-state index contributed by atoms with van der Waals surface area (Å²) in [6, 6.07) is 10.9. The first kappa shape index (κ1) is 15.0. The molecular weight excluding hydrogens is 347 g/mol. The smallest absolute Gasteiger partial charge is 0.243 e. The van der Waals surface area contributed by atoms with Gasteiger partial charge in [0.1, 0.15) is 10.7 Å². The molecule has 0 aliphatic carbocycles. The molecule has 4 nitrogen and oxygen atoms in total. The van der Waals surface area contributed by atoms with Crippen LogP contribution in [0.25, 0.3) is 0 Å². The minimum absolute atomic E-state index is 0.0830. The van der Waals surface area contributed by atoms with Crippen LogP contribution >= 0.6 is 15.9 Å². The van der Waals surface area contributed by atoms with Crippen LogP contribution in [0.1, 0.15) is 5.56 Å². The molecule has 0 bridgehead atoms. The molecule has 0 saturated heterocycles. The van der Waals surface area contributed by atoms with E-state index in [0.717, 1.165) is 16.1 Å². The Hall–Kier alpha value is -1.44. The average molecular weight is 359 g/mol. The van der Waals surface area contributed by atoms with E-state index in [9.17, 15) is 12.8 Å². The van der Waals surface area contributed by atoms with Crippen molar-refractivity contribution < 1.29 is 12.8 Å². The van der Waals surface area contributed by atoms with Crippen LogP contribution in [0.15, 0.2) is 51.8 Å². The van der Waals surface area contributed by atoms with Gasteiger partial charge in [0, 0.05) is 11.0 Å². The summed E-state index contributed by atoms with van der Waals surface area (Å²) in [7, 11) is -3.86. The van der Waals surface area contributed by atoms with Crippen LogP contribution in [-0.2, 0) is 16.6 Å². The lowest BCUT2D eigenvalue weighted by atomic mass is 10.2. The predicted molar refractivity (Wildman–Crippen MR) is 79.0 cm³/mol. The largest absolute Gasteiger partial charge is 0.395 e. The number of para-hydroxylation sites is 1. The van der Waals surface area contributed by atoms with E-state index in [4.69, 9.17) is 5.73 Å². The molecule has 0 radical (unpaired) electrons. The van der Waals surface area contributed by atoms with Crippen LogP contribution in [0.5, 0.6) is 0 Å². The lowest BCUT2D eigenvalue weighted by Crippen LogP contribution is -2.24. The van der Waals surface area contributed by atoms with Gasteiger partial charge in [-0.05, 0) is 23.8 Å². The molecule has 2 aromatic rings. The Morgan fingerprint density at radius 2 is 1.85 bits per heavy atom. The number of hydrogen-bond donors (Lipinski definition) is 2. The molecule has 20 heavy (non-hydrogen) atoms. The van der Waals surface area contributed by atoms with Gasteiger partial charge in [0.15, 0.2) is 0 Å². The summed E-state index contributed by atoms with van der Waals surface area (Å²) in [4.78, 5) is -0.260. The van der Waals surface area contributed by atoms with Crippen LogP contribution in [0.3, 0.4) is 0 Å². The molecule has 0 aromatic heterocycles.